The van der Waals surface area contributed by atoms with Crippen LogP contribution in [0.2, 0.25) is 5.02 Å². The van der Waals surface area contributed by atoms with Crippen LogP contribution in [0.25, 0.3) is 11.0 Å². The Morgan fingerprint density at radius 3 is 2.78 bits per heavy atom. The molecule has 0 saturated carbocycles. The van der Waals surface area contributed by atoms with E-state index in [-0.39, 0.29) is 11.1 Å². The summed E-state index contributed by atoms with van der Waals surface area (Å²) in [6, 6.07) is 3.24. The average molecular weight is 289 g/mol. The average Bonchev–Trinajstić information content (AvgIpc) is 2.68. The Bertz CT molecular complexity index is 566. The van der Waals surface area contributed by atoms with Gasteiger partial charge in [-0.05, 0) is 19.4 Å². The molecular formula is C13H15Cl2FN2. The normalized spacial score (nSPS) is 13.2. The van der Waals surface area contributed by atoms with Gasteiger partial charge in [0.1, 0.15) is 11.6 Å². The topological polar surface area (TPSA) is 17.8 Å². The zero-order chi connectivity index (χ0) is 13.3. The number of nitrogens with zero attached hydrogens (tertiary/aromatic N) is 2. The van der Waals surface area contributed by atoms with Crippen LogP contribution in [0.3, 0.4) is 0 Å². The summed E-state index contributed by atoms with van der Waals surface area (Å²) in [6.45, 7) is 4.21. The molecule has 1 aromatic carbocycles. The van der Waals surface area contributed by atoms with Crippen LogP contribution in [0.1, 0.15) is 38.6 Å². The summed E-state index contributed by atoms with van der Waals surface area (Å²) >= 11 is 11.7. The molecule has 1 heterocycles. The third-order valence-electron chi connectivity index (χ3n) is 3.07. The summed E-state index contributed by atoms with van der Waals surface area (Å²) in [6.07, 6.45) is 2.05. The van der Waals surface area contributed by atoms with Gasteiger partial charge in [0.05, 0.1) is 21.9 Å². The van der Waals surface area contributed by atoms with Crippen molar-refractivity contribution in [2.24, 2.45) is 0 Å². The Morgan fingerprint density at radius 2 is 2.17 bits per heavy atom. The van der Waals surface area contributed by atoms with Gasteiger partial charge in [0.15, 0.2) is 0 Å². The molecule has 1 unspecified atom stereocenters. The van der Waals surface area contributed by atoms with E-state index in [4.69, 9.17) is 23.2 Å². The fourth-order valence-electron chi connectivity index (χ4n) is 2.27. The summed E-state index contributed by atoms with van der Waals surface area (Å²) in [4.78, 5) is 4.42. The van der Waals surface area contributed by atoms with Crippen molar-refractivity contribution in [2.75, 3.05) is 0 Å². The molecule has 2 nitrogen and oxygen atoms in total. The van der Waals surface area contributed by atoms with E-state index in [1.165, 1.54) is 6.07 Å². The number of hydrogen-bond acceptors (Lipinski definition) is 1. The lowest BCUT2D eigenvalue weighted by Crippen LogP contribution is -2.08. The van der Waals surface area contributed by atoms with Gasteiger partial charge in [-0.3, -0.25) is 0 Å². The maximum absolute atomic E-state index is 13.6. The highest BCUT2D eigenvalue weighted by Crippen LogP contribution is 2.28. The summed E-state index contributed by atoms with van der Waals surface area (Å²) in [5, 5.41) is 0.0939. The van der Waals surface area contributed by atoms with Gasteiger partial charge in [-0.2, -0.15) is 0 Å². The maximum Gasteiger partial charge on any atom is 0.144 e. The van der Waals surface area contributed by atoms with Crippen molar-refractivity contribution < 1.29 is 4.39 Å². The smallest absolute Gasteiger partial charge is 0.144 e. The molecule has 0 spiro atoms. The highest BCUT2D eigenvalue weighted by atomic mass is 35.5. The molecule has 18 heavy (non-hydrogen) atoms. The van der Waals surface area contributed by atoms with Crippen LogP contribution in [-0.2, 0) is 5.88 Å². The van der Waals surface area contributed by atoms with E-state index in [1.807, 2.05) is 4.57 Å². The van der Waals surface area contributed by atoms with E-state index in [9.17, 15) is 4.39 Å². The minimum atomic E-state index is -0.421. The SMILES string of the molecule is CCCC(C)n1c(CCl)nc2cc(Cl)c(F)cc21. The van der Waals surface area contributed by atoms with E-state index >= 15 is 0 Å². The summed E-state index contributed by atoms with van der Waals surface area (Å²) < 4.78 is 15.6. The molecule has 0 saturated heterocycles. The monoisotopic (exact) mass is 288 g/mol. The van der Waals surface area contributed by atoms with Gasteiger partial charge in [0.2, 0.25) is 0 Å². The summed E-state index contributed by atoms with van der Waals surface area (Å²) in [7, 11) is 0. The molecule has 0 aliphatic rings. The number of fused-ring (bicyclic) bond motifs is 1. The molecule has 1 aromatic heterocycles. The van der Waals surface area contributed by atoms with E-state index in [0.29, 0.717) is 11.4 Å². The predicted molar refractivity (Wildman–Crippen MR) is 73.9 cm³/mol. The van der Waals surface area contributed by atoms with Gasteiger partial charge in [-0.25, -0.2) is 9.37 Å². The Balaban J connectivity index is 2.64. The first-order valence-corrected chi connectivity index (χ1v) is 6.91. The lowest BCUT2D eigenvalue weighted by Gasteiger charge is -2.16. The fourth-order valence-corrected chi connectivity index (χ4v) is 2.62. The third kappa shape index (κ3) is 2.34. The molecule has 0 radical (unpaired) electrons. The lowest BCUT2D eigenvalue weighted by atomic mass is 10.2. The number of imidazole rings is 1. The second-order valence-corrected chi connectivity index (χ2v) is 5.10. The Kier molecular flexibility index (Phi) is 4.13. The number of benzene rings is 1. The zero-order valence-corrected chi connectivity index (χ0v) is 11.9. The quantitative estimate of drug-likeness (QED) is 0.730. The molecule has 0 bridgehead atoms. The number of rotatable bonds is 4. The van der Waals surface area contributed by atoms with Crippen molar-refractivity contribution in [2.45, 2.75) is 38.6 Å². The van der Waals surface area contributed by atoms with E-state index in [1.54, 1.807) is 6.07 Å². The maximum atomic E-state index is 13.6. The van der Waals surface area contributed by atoms with Crippen LogP contribution in [0.15, 0.2) is 12.1 Å². The molecule has 0 amide bonds. The van der Waals surface area contributed by atoms with Crippen LogP contribution in [-0.4, -0.2) is 9.55 Å². The molecule has 0 N–H and O–H groups in total. The predicted octanol–water partition coefficient (Wildman–Crippen LogP) is 4.93. The molecule has 0 fully saturated rings. The van der Waals surface area contributed by atoms with Gasteiger partial charge in [-0.15, -0.1) is 11.6 Å². The second-order valence-electron chi connectivity index (χ2n) is 4.42. The van der Waals surface area contributed by atoms with Gasteiger partial charge in [0.25, 0.3) is 0 Å². The minimum Gasteiger partial charge on any atom is -0.324 e. The van der Waals surface area contributed by atoms with Crippen molar-refractivity contribution in [3.05, 3.63) is 28.8 Å². The third-order valence-corrected chi connectivity index (χ3v) is 3.60. The number of halogens is 3. The van der Waals surface area contributed by atoms with Crippen molar-refractivity contribution >= 4 is 34.2 Å². The molecule has 2 aromatic rings. The zero-order valence-electron chi connectivity index (χ0n) is 10.4. The molecule has 5 heteroatoms. The molecule has 2 rings (SSSR count). The van der Waals surface area contributed by atoms with Crippen LogP contribution in [0.4, 0.5) is 4.39 Å². The summed E-state index contributed by atoms with van der Waals surface area (Å²) in [5.41, 5.74) is 1.45. The second kappa shape index (κ2) is 5.45. The number of hydrogen-bond donors (Lipinski definition) is 0. The van der Waals surface area contributed by atoms with Crippen molar-refractivity contribution in [1.29, 1.82) is 0 Å². The van der Waals surface area contributed by atoms with Crippen LogP contribution in [0.5, 0.6) is 0 Å². The largest absolute Gasteiger partial charge is 0.324 e. The van der Waals surface area contributed by atoms with Gasteiger partial charge < -0.3 is 4.57 Å². The van der Waals surface area contributed by atoms with Crippen LogP contribution >= 0.6 is 23.2 Å². The minimum absolute atomic E-state index is 0.0939. The van der Waals surface area contributed by atoms with Crippen LogP contribution in [0, 0.1) is 5.82 Å². The number of alkyl halides is 1. The fraction of sp³-hybridized carbons (Fsp3) is 0.462. The molecular weight excluding hydrogens is 274 g/mol. The highest BCUT2D eigenvalue weighted by Gasteiger charge is 2.16. The molecule has 98 valence electrons. The van der Waals surface area contributed by atoms with Gasteiger partial charge in [0, 0.05) is 12.1 Å². The molecule has 0 aliphatic heterocycles. The standard InChI is InChI=1S/C13H15Cl2FN2/c1-3-4-8(2)18-12-6-10(16)9(15)5-11(12)17-13(18)7-14/h5-6,8H,3-4,7H2,1-2H3. The van der Waals surface area contributed by atoms with Crippen molar-refractivity contribution in [3.8, 4) is 0 Å². The van der Waals surface area contributed by atoms with Crippen molar-refractivity contribution in [3.63, 3.8) is 0 Å². The first kappa shape index (κ1) is 13.6. The Morgan fingerprint density at radius 1 is 1.44 bits per heavy atom. The lowest BCUT2D eigenvalue weighted by molar-refractivity contribution is 0.499. The first-order chi connectivity index (χ1) is 8.58. The number of aromatic nitrogens is 2. The Labute approximate surface area is 116 Å². The van der Waals surface area contributed by atoms with E-state index in [0.717, 1.165) is 24.2 Å². The Hall–Kier alpha value is -0.800. The first-order valence-electron chi connectivity index (χ1n) is 6.00. The van der Waals surface area contributed by atoms with E-state index < -0.39 is 5.82 Å². The summed E-state index contributed by atoms with van der Waals surface area (Å²) in [5.74, 6) is 0.645. The van der Waals surface area contributed by atoms with E-state index in [2.05, 4.69) is 18.8 Å². The van der Waals surface area contributed by atoms with Gasteiger partial charge >= 0.3 is 0 Å². The molecule has 0 aliphatic carbocycles. The van der Waals surface area contributed by atoms with Crippen molar-refractivity contribution in [1.82, 2.24) is 9.55 Å². The van der Waals surface area contributed by atoms with Crippen LogP contribution < -0.4 is 0 Å². The van der Waals surface area contributed by atoms with Gasteiger partial charge in [-0.1, -0.05) is 24.9 Å². The molecule has 1 atom stereocenters. The highest BCUT2D eigenvalue weighted by molar-refractivity contribution is 6.31.